The van der Waals surface area contributed by atoms with Crippen LogP contribution >= 0.6 is 0 Å². The van der Waals surface area contributed by atoms with Crippen LogP contribution in [0.3, 0.4) is 0 Å². The third kappa shape index (κ3) is 7.50. The van der Waals surface area contributed by atoms with Gasteiger partial charge in [-0.2, -0.15) is 5.10 Å². The van der Waals surface area contributed by atoms with Crippen molar-refractivity contribution in [3.05, 3.63) is 47.5 Å². The summed E-state index contributed by atoms with van der Waals surface area (Å²) in [5, 5.41) is 4.28. The van der Waals surface area contributed by atoms with Gasteiger partial charge in [-0.05, 0) is 44.5 Å². The van der Waals surface area contributed by atoms with Gasteiger partial charge < -0.3 is 10.6 Å². The highest BCUT2D eigenvalue weighted by Crippen LogP contribution is 2.19. The quantitative estimate of drug-likeness (QED) is 0.508. The van der Waals surface area contributed by atoms with Crippen molar-refractivity contribution in [1.82, 2.24) is 24.4 Å². The van der Waals surface area contributed by atoms with Crippen LogP contribution in [0.4, 0.5) is 0 Å². The highest BCUT2D eigenvalue weighted by molar-refractivity contribution is 7.89. The Morgan fingerprint density at radius 3 is 2.48 bits per heavy atom. The normalized spacial score (nSPS) is 13.1. The van der Waals surface area contributed by atoms with Crippen LogP contribution in [-0.4, -0.2) is 53.5 Å². The van der Waals surface area contributed by atoms with Crippen LogP contribution in [0.1, 0.15) is 49.9 Å². The second kappa shape index (κ2) is 11.4. The van der Waals surface area contributed by atoms with Gasteiger partial charge in [0.15, 0.2) is 5.82 Å². The van der Waals surface area contributed by atoms with Crippen LogP contribution in [-0.2, 0) is 30.0 Å². The molecule has 1 atom stereocenters. The summed E-state index contributed by atoms with van der Waals surface area (Å²) in [5.41, 5.74) is 6.82. The van der Waals surface area contributed by atoms with Gasteiger partial charge in [0.2, 0.25) is 10.0 Å². The molecule has 0 radical (unpaired) electrons. The second-order valence-corrected chi connectivity index (χ2v) is 8.98. The van der Waals surface area contributed by atoms with E-state index in [4.69, 9.17) is 5.73 Å². The minimum Gasteiger partial charge on any atom is -0.324 e. The molecule has 0 spiro atoms. The van der Waals surface area contributed by atoms with E-state index in [0.29, 0.717) is 24.5 Å². The maximum Gasteiger partial charge on any atom is 0.212 e. The molecule has 2 aromatic rings. The molecule has 8 nitrogen and oxygen atoms in total. The van der Waals surface area contributed by atoms with E-state index >= 15 is 0 Å². The molecule has 29 heavy (non-hydrogen) atoms. The van der Waals surface area contributed by atoms with Crippen LogP contribution in [0.2, 0.25) is 0 Å². The highest BCUT2D eigenvalue weighted by Gasteiger charge is 2.24. The molecule has 0 fully saturated rings. The van der Waals surface area contributed by atoms with Crippen molar-refractivity contribution in [3.63, 3.8) is 0 Å². The topological polar surface area (TPSA) is 106 Å². The van der Waals surface area contributed by atoms with E-state index in [1.54, 1.807) is 11.7 Å². The fraction of sp³-hybridized carbons (Fsp3) is 0.600. The van der Waals surface area contributed by atoms with Gasteiger partial charge in [-0.1, -0.05) is 44.2 Å². The van der Waals surface area contributed by atoms with E-state index in [-0.39, 0.29) is 12.3 Å². The van der Waals surface area contributed by atoms with Gasteiger partial charge >= 0.3 is 0 Å². The Balaban J connectivity index is 2.10. The lowest BCUT2D eigenvalue weighted by Crippen LogP contribution is -2.34. The molecule has 1 aromatic heterocycles. The molecular weight excluding hydrogens is 388 g/mol. The number of nitrogens with two attached hydrogens (primary N) is 1. The Hall–Kier alpha value is -1.81. The maximum atomic E-state index is 12.8. The Labute approximate surface area is 174 Å². The average Bonchev–Trinajstić information content (AvgIpc) is 3.10. The van der Waals surface area contributed by atoms with Gasteiger partial charge in [-0.3, -0.25) is 4.68 Å². The first-order valence-electron chi connectivity index (χ1n) is 10.2. The van der Waals surface area contributed by atoms with Crippen molar-refractivity contribution in [2.75, 3.05) is 25.4 Å². The number of sulfonamides is 1. The minimum atomic E-state index is -3.45. The summed E-state index contributed by atoms with van der Waals surface area (Å²) in [4.78, 5) is 6.67. The Morgan fingerprint density at radius 1 is 1.21 bits per heavy atom. The minimum absolute atomic E-state index is 0.0902. The van der Waals surface area contributed by atoms with Crippen LogP contribution in [0.5, 0.6) is 0 Å². The zero-order valence-electron chi connectivity index (χ0n) is 17.7. The Morgan fingerprint density at radius 2 is 1.90 bits per heavy atom. The van der Waals surface area contributed by atoms with Crippen molar-refractivity contribution in [1.29, 1.82) is 0 Å². The average molecular weight is 423 g/mol. The molecule has 0 aliphatic heterocycles. The molecule has 0 aliphatic carbocycles. The van der Waals surface area contributed by atoms with E-state index in [9.17, 15) is 8.42 Å². The van der Waals surface area contributed by atoms with Crippen LogP contribution in [0, 0.1) is 0 Å². The first-order valence-corrected chi connectivity index (χ1v) is 11.9. The second-order valence-electron chi connectivity index (χ2n) is 7.11. The molecule has 0 saturated carbocycles. The monoisotopic (exact) mass is 422 g/mol. The summed E-state index contributed by atoms with van der Waals surface area (Å²) in [6.45, 7) is 6.99. The molecule has 2 rings (SSSR count). The molecule has 9 heteroatoms. The van der Waals surface area contributed by atoms with E-state index < -0.39 is 16.1 Å². The smallest absolute Gasteiger partial charge is 0.212 e. The van der Waals surface area contributed by atoms with Crippen molar-refractivity contribution in [2.24, 2.45) is 12.8 Å². The molecule has 0 aliphatic rings. The number of aryl methyl sites for hydroxylation is 2. The molecule has 0 amide bonds. The number of rotatable bonds is 13. The number of nitrogens with zero attached hydrogens (tertiary/aromatic N) is 4. The standard InChI is InChI=1S/C20H34N6O2S/c1-4-26(5-2)14-9-15-29(27,28)24-18(13-12-17-10-7-6-8-11-17)20-22-19(16-21)23-25(20)3/h6-8,10-11,18,24H,4-5,9,12-16,21H2,1-3H3/t18-/m1/s1. The van der Waals surface area contributed by atoms with Crippen LogP contribution in [0.15, 0.2) is 30.3 Å². The predicted molar refractivity (Wildman–Crippen MR) is 116 cm³/mol. The van der Waals surface area contributed by atoms with E-state index in [1.165, 1.54) is 0 Å². The lowest BCUT2D eigenvalue weighted by Gasteiger charge is -2.20. The van der Waals surface area contributed by atoms with Gasteiger partial charge in [0.1, 0.15) is 5.82 Å². The highest BCUT2D eigenvalue weighted by atomic mass is 32.2. The van der Waals surface area contributed by atoms with Gasteiger partial charge in [-0.15, -0.1) is 0 Å². The predicted octanol–water partition coefficient (Wildman–Crippen LogP) is 1.60. The lowest BCUT2D eigenvalue weighted by atomic mass is 10.1. The van der Waals surface area contributed by atoms with E-state index in [2.05, 4.69) is 33.6 Å². The van der Waals surface area contributed by atoms with Gasteiger partial charge in [0.05, 0.1) is 18.3 Å². The molecule has 1 aromatic carbocycles. The summed E-state index contributed by atoms with van der Waals surface area (Å²) in [5.74, 6) is 1.19. The fourth-order valence-corrected chi connectivity index (χ4v) is 4.62. The summed E-state index contributed by atoms with van der Waals surface area (Å²) >= 11 is 0. The fourth-order valence-electron chi connectivity index (χ4n) is 3.33. The summed E-state index contributed by atoms with van der Waals surface area (Å²) in [7, 11) is -1.68. The summed E-state index contributed by atoms with van der Waals surface area (Å²) in [6.07, 6.45) is 1.92. The van der Waals surface area contributed by atoms with Crippen molar-refractivity contribution >= 4 is 10.0 Å². The number of hydrogen-bond acceptors (Lipinski definition) is 6. The van der Waals surface area contributed by atoms with Crippen molar-refractivity contribution in [3.8, 4) is 0 Å². The number of aromatic nitrogens is 3. The van der Waals surface area contributed by atoms with Crippen molar-refractivity contribution in [2.45, 2.75) is 45.7 Å². The molecule has 3 N–H and O–H groups in total. The largest absolute Gasteiger partial charge is 0.324 e. The molecular formula is C20H34N6O2S. The lowest BCUT2D eigenvalue weighted by molar-refractivity contribution is 0.304. The van der Waals surface area contributed by atoms with Crippen LogP contribution in [0.25, 0.3) is 0 Å². The van der Waals surface area contributed by atoms with Crippen LogP contribution < -0.4 is 10.5 Å². The van der Waals surface area contributed by atoms with Gasteiger partial charge in [0, 0.05) is 7.05 Å². The molecule has 1 heterocycles. The van der Waals surface area contributed by atoms with Crippen molar-refractivity contribution < 1.29 is 8.42 Å². The summed E-state index contributed by atoms with van der Waals surface area (Å²) < 4.78 is 30.0. The summed E-state index contributed by atoms with van der Waals surface area (Å²) in [6, 6.07) is 9.56. The molecule has 0 bridgehead atoms. The van der Waals surface area contributed by atoms with Gasteiger partial charge in [0.25, 0.3) is 0 Å². The third-order valence-corrected chi connectivity index (χ3v) is 6.47. The number of nitrogens with one attached hydrogen (secondary N) is 1. The first kappa shape index (κ1) is 23.5. The zero-order valence-corrected chi connectivity index (χ0v) is 18.5. The maximum absolute atomic E-state index is 12.8. The number of hydrogen-bond donors (Lipinski definition) is 2. The Kier molecular flexibility index (Phi) is 9.22. The van der Waals surface area contributed by atoms with E-state index in [1.807, 2.05) is 30.3 Å². The van der Waals surface area contributed by atoms with Gasteiger partial charge in [-0.25, -0.2) is 18.1 Å². The molecule has 0 unspecified atom stereocenters. The zero-order chi connectivity index (χ0) is 21.3. The first-order chi connectivity index (χ1) is 13.9. The third-order valence-electron chi connectivity index (χ3n) is 5.00. The molecule has 162 valence electrons. The Bertz CT molecular complexity index is 834. The molecule has 0 saturated heterocycles. The SMILES string of the molecule is CCN(CC)CCCS(=O)(=O)N[C@H](CCc1ccccc1)c1nc(CN)nn1C. The van der Waals surface area contributed by atoms with E-state index in [0.717, 1.165) is 31.6 Å². The number of benzene rings is 1.